The van der Waals surface area contributed by atoms with Crippen molar-refractivity contribution >= 4 is 120 Å². The van der Waals surface area contributed by atoms with Crippen LogP contribution in [0.5, 0.6) is 0 Å². The molecule has 0 aliphatic carbocycles. The van der Waals surface area contributed by atoms with E-state index in [1.165, 1.54) is 139 Å². The van der Waals surface area contributed by atoms with Gasteiger partial charge in [-0.2, -0.15) is 0 Å². The average Bonchev–Trinajstić information content (AvgIpc) is 2.97. The Morgan fingerprint density at radius 3 is 1.20 bits per heavy atom. The van der Waals surface area contributed by atoms with E-state index < -0.39 is 56.3 Å². The Morgan fingerprint density at radius 1 is 0.488 bits per heavy atom. The van der Waals surface area contributed by atoms with Gasteiger partial charge < -0.3 is 25.6 Å². The molecule has 2 rings (SSSR count). The summed E-state index contributed by atoms with van der Waals surface area (Å²) in [4.78, 5) is 115. The van der Waals surface area contributed by atoms with Crippen LogP contribution in [0.15, 0.2) is 0 Å². The lowest BCUT2D eigenvalue weighted by Gasteiger charge is -2.24. The number of amides is 7. The lowest BCUT2D eigenvalue weighted by molar-refractivity contribution is -0.197. The number of thioether (sulfide) groups is 2. The molecule has 0 aromatic heterocycles. The fraction of sp³-hybridized carbons (Fsp3) is 0.746. The maximum absolute atomic E-state index is 12.1. The number of carbonyl (C=O) groups is 9. The molecule has 490 valence electrons. The second-order valence-corrected chi connectivity index (χ2v) is 28.1. The number of terminal acetylenes is 3. The zero-order chi connectivity index (χ0) is 64.9. The molecule has 86 heavy (non-hydrogen) atoms. The number of hydrogen-bond donors (Lipinski definition) is 8. The van der Waals surface area contributed by atoms with Crippen molar-refractivity contribution in [2.24, 2.45) is 28.7 Å². The zero-order valence-corrected chi connectivity index (χ0v) is 56.5. The predicted molar refractivity (Wildman–Crippen MR) is 357 cm³/mol. The third-order valence-corrected chi connectivity index (χ3v) is 19.5. The van der Waals surface area contributed by atoms with Gasteiger partial charge in [0.2, 0.25) is 22.8 Å². The Hall–Kier alpha value is -3.79. The molecule has 13 N–H and O–H groups in total. The Balaban J connectivity index is 0. The molecule has 0 aromatic rings. The minimum atomic E-state index is -1.37. The Bertz CT molecular complexity index is 2010. The normalized spacial score (nSPS) is 14.5. The third kappa shape index (κ3) is 49.1. The minimum absolute atomic E-state index is 0.00278. The van der Waals surface area contributed by atoms with E-state index in [1.807, 2.05) is 0 Å². The second-order valence-electron chi connectivity index (χ2n) is 20.1. The molecule has 0 aromatic carbocycles. The van der Waals surface area contributed by atoms with Crippen molar-refractivity contribution in [2.45, 2.75) is 241 Å². The van der Waals surface area contributed by atoms with Gasteiger partial charge in [-0.15, -0.1) is 70.7 Å². The Labute approximate surface area is 538 Å². The molecule has 0 saturated carbocycles. The van der Waals surface area contributed by atoms with Gasteiger partial charge in [-0.05, 0) is 58.8 Å². The van der Waals surface area contributed by atoms with Crippen LogP contribution in [0.3, 0.4) is 0 Å². The lowest BCUT2D eigenvalue weighted by atomic mass is 10.1. The van der Waals surface area contributed by atoms with Crippen LogP contribution in [0.1, 0.15) is 220 Å². The summed E-state index contributed by atoms with van der Waals surface area (Å²) in [5.41, 5.74) is 27.7. The molecular formula is C59H102N10O11S6. The van der Waals surface area contributed by atoms with E-state index in [0.29, 0.717) is 40.9 Å². The van der Waals surface area contributed by atoms with E-state index in [4.69, 9.17) is 57.6 Å². The second kappa shape index (κ2) is 55.3. The molecule has 0 bridgehead atoms. The molecule has 0 spiro atoms. The maximum Gasteiger partial charge on any atom is 0.334 e. The highest BCUT2D eigenvalue weighted by Crippen LogP contribution is 2.30. The van der Waals surface area contributed by atoms with Crippen LogP contribution in [0.2, 0.25) is 0 Å². The highest BCUT2D eigenvalue weighted by atomic mass is 33.1. The largest absolute Gasteiger partial charge is 0.356 e. The standard InChI is InChI=1S/C16H30N4O2S2.2C16H23NO4S.C11H26N4OS2/c1-3-5-7-8-9-12-19-14(21)11-13-23-24-16(17,18)20-15(22)10-6-4-2;2*1-3-5-7-8-9-11-22-13-12-14(18)17(16(13)20)21-15(19)10-6-4-2;1-2-3-4-5-6-8-15-10(16)7-9-17-18-11(12,13)14/h2H,3,5-13,17-18H2,1H3,(H,19,21)(H,20,22);2*2,13H,3,5-12H2,1H3;2-9,12-14H2,1H3,(H,15,16). The van der Waals surface area contributed by atoms with Crippen LogP contribution in [-0.2, 0) is 52.8 Å². The lowest BCUT2D eigenvalue weighted by Crippen LogP contribution is -2.59. The van der Waals surface area contributed by atoms with E-state index in [1.54, 1.807) is 0 Å². The van der Waals surface area contributed by atoms with Crippen LogP contribution in [0, 0.1) is 37.0 Å². The van der Waals surface area contributed by atoms with Crippen LogP contribution in [0.25, 0.3) is 0 Å². The minimum Gasteiger partial charge on any atom is -0.356 e. The Morgan fingerprint density at radius 2 is 0.837 bits per heavy atom. The molecule has 2 fully saturated rings. The fourth-order valence-electron chi connectivity index (χ4n) is 7.25. The fourth-order valence-corrected chi connectivity index (χ4v) is 13.1. The first-order chi connectivity index (χ1) is 41.1. The molecule has 2 aliphatic heterocycles. The summed E-state index contributed by atoms with van der Waals surface area (Å²) in [5, 5.41) is 6.06. The van der Waals surface area contributed by atoms with Gasteiger partial charge >= 0.3 is 11.9 Å². The highest BCUT2D eigenvalue weighted by molar-refractivity contribution is 8.77. The molecule has 21 nitrogen and oxygen atoms in total. The van der Waals surface area contributed by atoms with Crippen molar-refractivity contribution in [3.05, 3.63) is 0 Å². The number of nitrogens with zero attached hydrogens (tertiary/aromatic N) is 2. The summed E-state index contributed by atoms with van der Waals surface area (Å²) in [7, 11) is 5.09. The molecular weight excluding hydrogens is 1220 g/mol. The third-order valence-electron chi connectivity index (χ3n) is 11.9. The SMILES string of the molecule is C#CCCC(=O)NC(N)(N)SSCCC(=O)NCCCCCCC.C#CCCC(=O)ON1C(=O)CC(SCCCCCCC)C1=O.C#CCCC(=O)ON1C(=O)CC(SCCCCCCC)C1=O.CCCCCCCNC(=O)CCSSC(N)(N)N. The van der Waals surface area contributed by atoms with Gasteiger partial charge in [0, 0.05) is 63.1 Å². The van der Waals surface area contributed by atoms with Crippen LogP contribution in [0.4, 0.5) is 0 Å². The van der Waals surface area contributed by atoms with E-state index in [9.17, 15) is 43.2 Å². The number of hydrogen-bond acceptors (Lipinski definition) is 22. The van der Waals surface area contributed by atoms with Gasteiger partial charge in [-0.3, -0.25) is 62.2 Å². The molecule has 7 amide bonds. The summed E-state index contributed by atoms with van der Waals surface area (Å²) < 4.78 is 0. The van der Waals surface area contributed by atoms with E-state index in [-0.39, 0.29) is 62.7 Å². The summed E-state index contributed by atoms with van der Waals surface area (Å²) in [6.07, 6.45) is 40.8. The van der Waals surface area contributed by atoms with Crippen molar-refractivity contribution in [2.75, 3.05) is 36.1 Å². The molecule has 0 radical (unpaired) electrons. The van der Waals surface area contributed by atoms with Crippen molar-refractivity contribution in [3.63, 3.8) is 0 Å². The van der Waals surface area contributed by atoms with Crippen LogP contribution < -0.4 is 44.6 Å². The number of nitrogens with two attached hydrogens (primary N) is 5. The number of nitrogens with one attached hydrogen (secondary N) is 3. The Kier molecular flexibility index (Phi) is 54.2. The van der Waals surface area contributed by atoms with E-state index >= 15 is 0 Å². The summed E-state index contributed by atoms with van der Waals surface area (Å²) in [5.74, 6) is 6.66. The summed E-state index contributed by atoms with van der Waals surface area (Å²) >= 11 is 2.93. The highest BCUT2D eigenvalue weighted by Gasteiger charge is 2.43. The summed E-state index contributed by atoms with van der Waals surface area (Å²) in [6.45, 7) is 10.2. The van der Waals surface area contributed by atoms with E-state index in [2.05, 4.69) is 61.4 Å². The number of carbonyl (C=O) groups excluding carboxylic acids is 9. The van der Waals surface area contributed by atoms with Gasteiger partial charge in [-0.1, -0.05) is 152 Å². The summed E-state index contributed by atoms with van der Waals surface area (Å²) in [6, 6.07) is 0. The topological polar surface area (TPSA) is 345 Å². The molecule has 2 heterocycles. The van der Waals surface area contributed by atoms with Crippen LogP contribution >= 0.6 is 66.7 Å². The van der Waals surface area contributed by atoms with Crippen molar-refractivity contribution in [1.29, 1.82) is 0 Å². The number of rotatable bonds is 45. The monoisotopic (exact) mass is 1320 g/mol. The van der Waals surface area contributed by atoms with Gasteiger partial charge in [0.15, 0.2) is 5.12 Å². The van der Waals surface area contributed by atoms with Gasteiger partial charge in [0.1, 0.15) is 0 Å². The van der Waals surface area contributed by atoms with Gasteiger partial charge in [-0.25, -0.2) is 9.59 Å². The molecule has 2 aliphatic rings. The smallest absolute Gasteiger partial charge is 0.334 e. The molecule has 27 heteroatoms. The number of imide groups is 2. The molecule has 2 atom stereocenters. The molecule has 2 unspecified atom stereocenters. The van der Waals surface area contributed by atoms with Crippen molar-refractivity contribution in [1.82, 2.24) is 26.1 Å². The quantitative estimate of drug-likeness (QED) is 0.00929. The molecule has 2 saturated heterocycles. The van der Waals surface area contributed by atoms with E-state index in [0.717, 1.165) is 80.3 Å². The zero-order valence-electron chi connectivity index (χ0n) is 51.6. The average molecular weight is 1320 g/mol. The first kappa shape index (κ1) is 84.3. The number of hydroxylamine groups is 4. The first-order valence-electron chi connectivity index (χ1n) is 30.1. The van der Waals surface area contributed by atoms with Crippen molar-refractivity contribution < 1.29 is 52.8 Å². The van der Waals surface area contributed by atoms with Gasteiger partial charge in [0.05, 0.1) is 36.2 Å². The van der Waals surface area contributed by atoms with Crippen molar-refractivity contribution in [3.8, 4) is 37.0 Å². The number of unbranched alkanes of at least 4 members (excludes halogenated alkanes) is 16. The maximum atomic E-state index is 12.1. The predicted octanol–water partition coefficient (Wildman–Crippen LogP) is 8.61. The van der Waals surface area contributed by atoms with Gasteiger partial charge in [0.25, 0.3) is 23.6 Å². The van der Waals surface area contributed by atoms with Crippen LogP contribution in [-0.4, -0.2) is 120 Å². The first-order valence-corrected chi connectivity index (χ1v) is 36.9.